The minimum atomic E-state index is -2.82. The summed E-state index contributed by atoms with van der Waals surface area (Å²) in [6, 6.07) is 0.581. The van der Waals surface area contributed by atoms with Crippen LogP contribution in [-0.4, -0.2) is 33.5 Å². The Labute approximate surface area is 119 Å². The van der Waals surface area contributed by atoms with Crippen LogP contribution in [-0.2, 0) is 9.84 Å². The van der Waals surface area contributed by atoms with Gasteiger partial charge in [0.15, 0.2) is 0 Å². The molecular formula is C15H31NO2S. The van der Waals surface area contributed by atoms with Crippen molar-refractivity contribution in [2.75, 3.05) is 19.1 Å². The van der Waals surface area contributed by atoms with E-state index in [2.05, 4.69) is 33.1 Å². The monoisotopic (exact) mass is 289 g/mol. The molecule has 0 radical (unpaired) electrons. The molecule has 114 valence electrons. The molecule has 3 nitrogen and oxygen atoms in total. The van der Waals surface area contributed by atoms with Gasteiger partial charge in [0.05, 0.1) is 0 Å². The van der Waals surface area contributed by atoms with Crippen molar-refractivity contribution >= 4 is 9.84 Å². The lowest BCUT2D eigenvalue weighted by Crippen LogP contribution is -2.45. The highest BCUT2D eigenvalue weighted by atomic mass is 32.2. The summed E-state index contributed by atoms with van der Waals surface area (Å²) in [5.74, 6) is 1.79. The Morgan fingerprint density at radius 2 is 1.89 bits per heavy atom. The van der Waals surface area contributed by atoms with Crippen LogP contribution < -0.4 is 5.32 Å². The van der Waals surface area contributed by atoms with Crippen LogP contribution in [0.1, 0.15) is 52.9 Å². The third kappa shape index (κ3) is 5.42. The van der Waals surface area contributed by atoms with Gasteiger partial charge in [-0.3, -0.25) is 0 Å². The van der Waals surface area contributed by atoms with Gasteiger partial charge in [0.1, 0.15) is 9.84 Å². The molecule has 0 heterocycles. The molecule has 3 unspecified atom stereocenters. The molecule has 1 fully saturated rings. The molecule has 1 saturated carbocycles. The Hall–Kier alpha value is -0.0900. The topological polar surface area (TPSA) is 46.2 Å². The van der Waals surface area contributed by atoms with E-state index in [1.54, 1.807) is 0 Å². The predicted molar refractivity (Wildman–Crippen MR) is 82.1 cm³/mol. The minimum Gasteiger partial charge on any atom is -0.317 e. The summed E-state index contributed by atoms with van der Waals surface area (Å²) >= 11 is 0. The van der Waals surface area contributed by atoms with Gasteiger partial charge in [0.25, 0.3) is 0 Å². The van der Waals surface area contributed by atoms with Crippen molar-refractivity contribution in [1.82, 2.24) is 5.32 Å². The van der Waals surface area contributed by atoms with Crippen LogP contribution in [0.15, 0.2) is 0 Å². The molecule has 1 aliphatic rings. The fourth-order valence-electron chi connectivity index (χ4n) is 3.61. The lowest BCUT2D eigenvalue weighted by atomic mass is 9.65. The summed E-state index contributed by atoms with van der Waals surface area (Å²) in [4.78, 5) is 0. The Morgan fingerprint density at radius 1 is 1.26 bits per heavy atom. The van der Waals surface area contributed by atoms with Gasteiger partial charge in [-0.15, -0.1) is 0 Å². The second-order valence-electron chi connectivity index (χ2n) is 7.14. The van der Waals surface area contributed by atoms with E-state index >= 15 is 0 Å². The standard InChI is InChI=1S/C15H31NO2S/c1-12-7-8-13(14(11-12)16-4)15(2,3)9-6-10-19(5,17)18/h12-14,16H,6-11H2,1-5H3. The molecule has 19 heavy (non-hydrogen) atoms. The number of nitrogens with one attached hydrogen (secondary N) is 1. The first-order chi connectivity index (χ1) is 8.65. The second kappa shape index (κ2) is 6.57. The largest absolute Gasteiger partial charge is 0.317 e. The molecule has 1 aliphatic carbocycles. The van der Waals surface area contributed by atoms with E-state index in [1.165, 1.54) is 25.5 Å². The zero-order valence-electron chi connectivity index (χ0n) is 13.2. The van der Waals surface area contributed by atoms with Crippen molar-refractivity contribution < 1.29 is 8.42 Å². The van der Waals surface area contributed by atoms with E-state index in [4.69, 9.17) is 0 Å². The summed E-state index contributed by atoms with van der Waals surface area (Å²) in [6.07, 6.45) is 6.93. The maximum atomic E-state index is 11.2. The first kappa shape index (κ1) is 17.0. The first-order valence-corrected chi connectivity index (χ1v) is 9.57. The van der Waals surface area contributed by atoms with Gasteiger partial charge in [-0.25, -0.2) is 8.42 Å². The second-order valence-corrected chi connectivity index (χ2v) is 9.40. The van der Waals surface area contributed by atoms with E-state index in [9.17, 15) is 8.42 Å². The number of hydrogen-bond acceptors (Lipinski definition) is 3. The van der Waals surface area contributed by atoms with Crippen LogP contribution in [0, 0.1) is 17.3 Å². The van der Waals surface area contributed by atoms with Crippen molar-refractivity contribution in [2.45, 2.75) is 58.9 Å². The molecule has 3 atom stereocenters. The van der Waals surface area contributed by atoms with Crippen LogP contribution in [0.5, 0.6) is 0 Å². The third-order valence-electron chi connectivity index (χ3n) is 4.82. The van der Waals surface area contributed by atoms with Crippen LogP contribution in [0.25, 0.3) is 0 Å². The smallest absolute Gasteiger partial charge is 0.147 e. The average Bonchev–Trinajstić information content (AvgIpc) is 2.26. The first-order valence-electron chi connectivity index (χ1n) is 7.50. The summed E-state index contributed by atoms with van der Waals surface area (Å²) in [5.41, 5.74) is 0.221. The summed E-state index contributed by atoms with van der Waals surface area (Å²) in [7, 11) is -0.763. The molecular weight excluding hydrogens is 258 g/mol. The van der Waals surface area contributed by atoms with E-state index < -0.39 is 9.84 Å². The van der Waals surface area contributed by atoms with Gasteiger partial charge in [-0.05, 0) is 50.0 Å². The molecule has 1 N–H and O–H groups in total. The highest BCUT2D eigenvalue weighted by molar-refractivity contribution is 7.90. The van der Waals surface area contributed by atoms with Gasteiger partial charge in [-0.1, -0.05) is 27.2 Å². The van der Waals surface area contributed by atoms with Crippen LogP contribution in [0.4, 0.5) is 0 Å². The van der Waals surface area contributed by atoms with Crippen molar-refractivity contribution in [1.29, 1.82) is 0 Å². The number of rotatable bonds is 6. The van der Waals surface area contributed by atoms with E-state index in [0.29, 0.717) is 17.7 Å². The lowest BCUT2D eigenvalue weighted by Gasteiger charge is -2.44. The fraction of sp³-hybridized carbons (Fsp3) is 1.00. The van der Waals surface area contributed by atoms with Crippen molar-refractivity contribution in [3.8, 4) is 0 Å². The molecule has 4 heteroatoms. The fourth-order valence-corrected chi connectivity index (χ4v) is 4.28. The molecule has 0 amide bonds. The molecule has 0 aromatic rings. The Morgan fingerprint density at radius 3 is 2.42 bits per heavy atom. The summed E-state index contributed by atoms with van der Waals surface area (Å²) in [5, 5.41) is 3.48. The maximum Gasteiger partial charge on any atom is 0.147 e. The molecule has 0 spiro atoms. The van der Waals surface area contributed by atoms with Gasteiger partial charge >= 0.3 is 0 Å². The van der Waals surface area contributed by atoms with Gasteiger partial charge in [0, 0.05) is 18.1 Å². The minimum absolute atomic E-state index is 0.221. The van der Waals surface area contributed by atoms with Gasteiger partial charge < -0.3 is 5.32 Å². The molecule has 0 aliphatic heterocycles. The maximum absolute atomic E-state index is 11.2. The summed E-state index contributed by atoms with van der Waals surface area (Å²) in [6.45, 7) is 6.94. The highest BCUT2D eigenvalue weighted by Crippen LogP contribution is 2.42. The predicted octanol–water partition coefficient (Wildman–Crippen LogP) is 2.86. The summed E-state index contributed by atoms with van der Waals surface area (Å²) < 4.78 is 22.5. The van der Waals surface area contributed by atoms with Crippen LogP contribution in [0.2, 0.25) is 0 Å². The number of hydrogen-bond donors (Lipinski definition) is 1. The van der Waals surface area contributed by atoms with Crippen molar-refractivity contribution in [3.05, 3.63) is 0 Å². The number of sulfone groups is 1. The molecule has 0 aromatic carbocycles. The van der Waals surface area contributed by atoms with E-state index in [1.807, 2.05) is 0 Å². The van der Waals surface area contributed by atoms with E-state index in [-0.39, 0.29) is 5.41 Å². The Bertz CT molecular complexity index is 376. The molecule has 0 bridgehead atoms. The molecule has 0 aromatic heterocycles. The van der Waals surface area contributed by atoms with Crippen LogP contribution in [0.3, 0.4) is 0 Å². The zero-order valence-corrected chi connectivity index (χ0v) is 14.0. The van der Waals surface area contributed by atoms with Gasteiger partial charge in [0.2, 0.25) is 0 Å². The molecule has 1 rings (SSSR count). The Balaban J connectivity index is 2.59. The average molecular weight is 289 g/mol. The zero-order chi connectivity index (χ0) is 14.7. The van der Waals surface area contributed by atoms with E-state index in [0.717, 1.165) is 18.8 Å². The van der Waals surface area contributed by atoms with Gasteiger partial charge in [-0.2, -0.15) is 0 Å². The van der Waals surface area contributed by atoms with Crippen molar-refractivity contribution in [3.63, 3.8) is 0 Å². The Kier molecular flexibility index (Phi) is 5.87. The van der Waals surface area contributed by atoms with Crippen molar-refractivity contribution in [2.24, 2.45) is 17.3 Å². The normalized spacial score (nSPS) is 29.4. The molecule has 0 saturated heterocycles. The SMILES string of the molecule is CNC1CC(C)CCC1C(C)(C)CCCS(C)(=O)=O. The lowest BCUT2D eigenvalue weighted by molar-refractivity contribution is 0.0899. The third-order valence-corrected chi connectivity index (χ3v) is 5.85. The quantitative estimate of drug-likeness (QED) is 0.818. The highest BCUT2D eigenvalue weighted by Gasteiger charge is 2.37. The van der Waals surface area contributed by atoms with Crippen LogP contribution >= 0.6 is 0 Å².